The summed E-state index contributed by atoms with van der Waals surface area (Å²) in [6.07, 6.45) is 2.22. The van der Waals surface area contributed by atoms with E-state index in [0.717, 1.165) is 18.6 Å². The van der Waals surface area contributed by atoms with Gasteiger partial charge in [-0.3, -0.25) is 0 Å². The molecule has 78 valence electrons. The zero-order valence-corrected chi connectivity index (χ0v) is 9.29. The fourth-order valence-electron chi connectivity index (χ4n) is 2.02. The number of hydrogen-bond acceptors (Lipinski definition) is 1. The summed E-state index contributed by atoms with van der Waals surface area (Å²) in [5, 5.41) is 2.61. The number of hydrogen-bond donors (Lipinski definition) is 0. The van der Waals surface area contributed by atoms with Gasteiger partial charge < -0.3 is 4.74 Å². The second kappa shape index (κ2) is 4.35. The fourth-order valence-corrected chi connectivity index (χ4v) is 2.02. The Hall–Kier alpha value is -1.50. The number of ether oxygens (including phenoxy) is 1. The number of benzene rings is 2. The van der Waals surface area contributed by atoms with Gasteiger partial charge in [-0.2, -0.15) is 0 Å². The quantitative estimate of drug-likeness (QED) is 0.732. The minimum absolute atomic E-state index is 1.01. The number of fused-ring (bicyclic) bond motifs is 1. The topological polar surface area (TPSA) is 9.23 Å². The molecule has 0 fully saturated rings. The van der Waals surface area contributed by atoms with Gasteiger partial charge in [0.15, 0.2) is 0 Å². The third kappa shape index (κ3) is 1.82. The van der Waals surface area contributed by atoms with Gasteiger partial charge in [-0.05, 0) is 23.3 Å². The molecule has 15 heavy (non-hydrogen) atoms. The van der Waals surface area contributed by atoms with Gasteiger partial charge in [0.25, 0.3) is 0 Å². The smallest absolute Gasteiger partial charge is 0.122 e. The molecule has 1 heteroatoms. The Bertz CT molecular complexity index is 460. The summed E-state index contributed by atoms with van der Waals surface area (Å²) in [4.78, 5) is 0. The average molecular weight is 200 g/mol. The molecule has 0 N–H and O–H groups in total. The maximum atomic E-state index is 5.41. The van der Waals surface area contributed by atoms with Gasteiger partial charge in [-0.15, -0.1) is 0 Å². The van der Waals surface area contributed by atoms with Crippen LogP contribution in [0.1, 0.15) is 18.9 Å². The third-order valence-electron chi connectivity index (χ3n) is 2.72. The van der Waals surface area contributed by atoms with E-state index in [2.05, 4.69) is 43.3 Å². The first kappa shape index (κ1) is 10.0. The van der Waals surface area contributed by atoms with E-state index in [9.17, 15) is 0 Å². The number of aryl methyl sites for hydroxylation is 1. The highest BCUT2D eigenvalue weighted by Crippen LogP contribution is 2.28. The predicted octanol–water partition coefficient (Wildman–Crippen LogP) is 3.80. The Labute approximate surface area is 90.7 Å². The molecule has 0 aliphatic carbocycles. The molecule has 0 unspecified atom stereocenters. The lowest BCUT2D eigenvalue weighted by Crippen LogP contribution is -1.93. The molecule has 1 nitrogen and oxygen atoms in total. The van der Waals surface area contributed by atoms with Gasteiger partial charge in [-0.25, -0.2) is 0 Å². The minimum Gasteiger partial charge on any atom is -0.496 e. The Morgan fingerprint density at radius 3 is 2.60 bits per heavy atom. The first-order valence-corrected chi connectivity index (χ1v) is 5.41. The van der Waals surface area contributed by atoms with Crippen molar-refractivity contribution in [1.82, 2.24) is 0 Å². The van der Waals surface area contributed by atoms with Gasteiger partial charge >= 0.3 is 0 Å². The van der Waals surface area contributed by atoms with Crippen LogP contribution < -0.4 is 4.74 Å². The molecule has 0 heterocycles. The fraction of sp³-hybridized carbons (Fsp3) is 0.286. The zero-order chi connectivity index (χ0) is 10.7. The molecule has 0 aliphatic heterocycles. The average Bonchev–Trinajstić information content (AvgIpc) is 2.30. The first-order chi connectivity index (χ1) is 7.36. The van der Waals surface area contributed by atoms with Crippen LogP contribution in [0.25, 0.3) is 10.8 Å². The minimum atomic E-state index is 1.01. The van der Waals surface area contributed by atoms with Crippen LogP contribution in [-0.4, -0.2) is 7.11 Å². The van der Waals surface area contributed by atoms with E-state index in [1.54, 1.807) is 7.11 Å². The van der Waals surface area contributed by atoms with Gasteiger partial charge in [0.1, 0.15) is 5.75 Å². The monoisotopic (exact) mass is 200 g/mol. The van der Waals surface area contributed by atoms with Gasteiger partial charge in [0, 0.05) is 5.56 Å². The largest absolute Gasteiger partial charge is 0.496 e. The van der Waals surface area contributed by atoms with Crippen LogP contribution in [-0.2, 0) is 6.42 Å². The van der Waals surface area contributed by atoms with Crippen molar-refractivity contribution in [2.24, 2.45) is 0 Å². The van der Waals surface area contributed by atoms with Crippen molar-refractivity contribution in [3.8, 4) is 5.75 Å². The maximum Gasteiger partial charge on any atom is 0.122 e. The molecule has 2 rings (SSSR count). The number of rotatable bonds is 3. The summed E-state index contributed by atoms with van der Waals surface area (Å²) in [7, 11) is 1.74. The van der Waals surface area contributed by atoms with Crippen molar-refractivity contribution < 1.29 is 4.74 Å². The number of methoxy groups -OCH3 is 1. The highest BCUT2D eigenvalue weighted by molar-refractivity contribution is 5.87. The molecule has 0 radical (unpaired) electrons. The second-order valence-electron chi connectivity index (χ2n) is 3.72. The van der Waals surface area contributed by atoms with E-state index < -0.39 is 0 Å². The molecule has 0 aromatic heterocycles. The van der Waals surface area contributed by atoms with Crippen LogP contribution in [0.2, 0.25) is 0 Å². The molecule has 2 aromatic carbocycles. The van der Waals surface area contributed by atoms with Crippen molar-refractivity contribution in [3.63, 3.8) is 0 Å². The molecule has 0 saturated carbocycles. The molecule has 0 saturated heterocycles. The summed E-state index contributed by atoms with van der Waals surface area (Å²) < 4.78 is 5.41. The van der Waals surface area contributed by atoms with Crippen LogP contribution in [0, 0.1) is 0 Å². The lowest BCUT2D eigenvalue weighted by atomic mass is 10.00. The molecule has 0 atom stereocenters. The van der Waals surface area contributed by atoms with E-state index in [-0.39, 0.29) is 0 Å². The van der Waals surface area contributed by atoms with Crippen LogP contribution in [0.3, 0.4) is 0 Å². The highest BCUT2D eigenvalue weighted by Gasteiger charge is 2.06. The van der Waals surface area contributed by atoms with Crippen LogP contribution >= 0.6 is 0 Å². The normalized spacial score (nSPS) is 10.5. The molecule has 0 amide bonds. The summed E-state index contributed by atoms with van der Waals surface area (Å²) in [5.74, 6) is 1.01. The Kier molecular flexibility index (Phi) is 2.91. The summed E-state index contributed by atoms with van der Waals surface area (Å²) in [6, 6.07) is 12.7. The van der Waals surface area contributed by atoms with Crippen LogP contribution in [0.5, 0.6) is 5.75 Å². The van der Waals surface area contributed by atoms with E-state index in [4.69, 9.17) is 4.74 Å². The predicted molar refractivity (Wildman–Crippen MR) is 64.5 cm³/mol. The van der Waals surface area contributed by atoms with E-state index >= 15 is 0 Å². The molecule has 0 spiro atoms. The maximum absolute atomic E-state index is 5.41. The summed E-state index contributed by atoms with van der Waals surface area (Å²) in [6.45, 7) is 2.20. The van der Waals surface area contributed by atoms with E-state index in [1.165, 1.54) is 16.3 Å². The molecule has 0 bridgehead atoms. The SMILES string of the molecule is CCCc1c(OC)ccc2ccccc12. The van der Waals surface area contributed by atoms with Crippen molar-refractivity contribution in [2.45, 2.75) is 19.8 Å². The molecule has 0 aliphatic rings. The zero-order valence-electron chi connectivity index (χ0n) is 9.29. The standard InChI is InChI=1S/C14H16O/c1-3-6-13-12-8-5-4-7-11(12)9-10-14(13)15-2/h4-5,7-10H,3,6H2,1-2H3. The molecule has 2 aromatic rings. The summed E-state index contributed by atoms with van der Waals surface area (Å²) >= 11 is 0. The van der Waals surface area contributed by atoms with Crippen LogP contribution in [0.4, 0.5) is 0 Å². The third-order valence-corrected chi connectivity index (χ3v) is 2.72. The lowest BCUT2D eigenvalue weighted by molar-refractivity contribution is 0.410. The molecular formula is C14H16O. The highest BCUT2D eigenvalue weighted by atomic mass is 16.5. The second-order valence-corrected chi connectivity index (χ2v) is 3.72. The van der Waals surface area contributed by atoms with Gasteiger partial charge in [-0.1, -0.05) is 43.7 Å². The van der Waals surface area contributed by atoms with E-state index in [1.807, 2.05) is 0 Å². The lowest BCUT2D eigenvalue weighted by Gasteiger charge is -2.10. The van der Waals surface area contributed by atoms with Crippen molar-refractivity contribution in [2.75, 3.05) is 7.11 Å². The Morgan fingerprint density at radius 1 is 1.07 bits per heavy atom. The molecular weight excluding hydrogens is 184 g/mol. The van der Waals surface area contributed by atoms with Gasteiger partial charge in [0.05, 0.1) is 7.11 Å². The van der Waals surface area contributed by atoms with Crippen molar-refractivity contribution in [3.05, 3.63) is 42.0 Å². The van der Waals surface area contributed by atoms with Gasteiger partial charge in [0.2, 0.25) is 0 Å². The van der Waals surface area contributed by atoms with E-state index in [0.29, 0.717) is 0 Å². The summed E-state index contributed by atoms with van der Waals surface area (Å²) in [5.41, 5.74) is 1.33. The first-order valence-electron chi connectivity index (χ1n) is 5.41. The van der Waals surface area contributed by atoms with Crippen molar-refractivity contribution in [1.29, 1.82) is 0 Å². The van der Waals surface area contributed by atoms with Crippen LogP contribution in [0.15, 0.2) is 36.4 Å². The Balaban J connectivity index is 2.67. The van der Waals surface area contributed by atoms with Crippen molar-refractivity contribution >= 4 is 10.8 Å². The Morgan fingerprint density at radius 2 is 1.87 bits per heavy atom.